The van der Waals surface area contributed by atoms with Gasteiger partial charge in [-0.1, -0.05) is 6.07 Å². The average molecular weight is 175 g/mol. The molecule has 0 aliphatic rings. The fraction of sp³-hybridized carbons (Fsp3) is 0.364. The van der Waals surface area contributed by atoms with Gasteiger partial charge in [0.2, 0.25) is 0 Å². The van der Waals surface area contributed by atoms with Crippen LogP contribution in [0.5, 0.6) is 0 Å². The Hall–Kier alpha value is -1.49. The number of unbranched alkanes of at least 4 members (excludes halogenated alkanes) is 1. The second-order valence-electron chi connectivity index (χ2n) is 2.96. The van der Waals surface area contributed by atoms with Crippen molar-refractivity contribution in [2.75, 3.05) is 0 Å². The van der Waals surface area contributed by atoms with Crippen molar-refractivity contribution in [2.45, 2.75) is 26.3 Å². The maximum Gasteiger partial charge on any atom is 0.250 e. The van der Waals surface area contributed by atoms with Crippen molar-refractivity contribution in [2.24, 2.45) is 0 Å². The van der Waals surface area contributed by atoms with Crippen LogP contribution in [-0.4, -0.2) is 4.57 Å². The minimum absolute atomic E-state index is 0.0528. The van der Waals surface area contributed by atoms with E-state index < -0.39 is 0 Å². The van der Waals surface area contributed by atoms with E-state index in [-0.39, 0.29) is 5.56 Å². The molecule has 0 bridgehead atoms. The monoisotopic (exact) mass is 175 g/mol. The van der Waals surface area contributed by atoms with E-state index in [0.29, 0.717) is 0 Å². The summed E-state index contributed by atoms with van der Waals surface area (Å²) in [7, 11) is 0. The number of nitrogens with zero attached hydrogens (tertiary/aromatic N) is 1. The molecule has 0 saturated heterocycles. The fourth-order valence-corrected chi connectivity index (χ4v) is 1.25. The second kappa shape index (κ2) is 4.51. The van der Waals surface area contributed by atoms with E-state index in [1.807, 2.05) is 13.0 Å². The number of hydrogen-bond acceptors (Lipinski definition) is 1. The van der Waals surface area contributed by atoms with E-state index in [4.69, 9.17) is 6.42 Å². The lowest BCUT2D eigenvalue weighted by Gasteiger charge is -2.07. The highest BCUT2D eigenvalue weighted by Gasteiger charge is 1.97. The zero-order valence-corrected chi connectivity index (χ0v) is 7.79. The predicted octanol–water partition coefficient (Wildman–Crippen LogP) is 1.57. The Morgan fingerprint density at radius 3 is 2.92 bits per heavy atom. The van der Waals surface area contributed by atoms with Crippen molar-refractivity contribution in [3.8, 4) is 12.3 Å². The average Bonchev–Trinajstić information content (AvgIpc) is 2.10. The molecule has 1 heterocycles. The largest absolute Gasteiger partial charge is 0.313 e. The summed E-state index contributed by atoms with van der Waals surface area (Å²) < 4.78 is 1.75. The summed E-state index contributed by atoms with van der Waals surface area (Å²) in [5, 5.41) is 0. The van der Waals surface area contributed by atoms with E-state index in [1.165, 1.54) is 0 Å². The molecule has 1 aromatic heterocycles. The third kappa shape index (κ3) is 2.48. The van der Waals surface area contributed by atoms with Crippen LogP contribution < -0.4 is 5.56 Å². The highest BCUT2D eigenvalue weighted by Crippen LogP contribution is 1.97. The summed E-state index contributed by atoms with van der Waals surface area (Å²) >= 11 is 0. The number of pyridine rings is 1. The number of aryl methyl sites for hydroxylation is 1. The molecule has 2 nitrogen and oxygen atoms in total. The second-order valence-corrected chi connectivity index (χ2v) is 2.96. The molecule has 0 amide bonds. The van der Waals surface area contributed by atoms with E-state index >= 15 is 0 Å². The Kier molecular flexibility index (Phi) is 3.33. The van der Waals surface area contributed by atoms with Gasteiger partial charge < -0.3 is 4.57 Å². The van der Waals surface area contributed by atoms with Crippen LogP contribution in [0.4, 0.5) is 0 Å². The lowest BCUT2D eigenvalue weighted by atomic mass is 10.3. The Bertz CT molecular complexity index is 370. The van der Waals surface area contributed by atoms with Gasteiger partial charge in [-0.3, -0.25) is 4.79 Å². The number of terminal acetylenes is 1. The molecule has 0 radical (unpaired) electrons. The molecule has 0 aromatic carbocycles. The molecular weight excluding hydrogens is 162 g/mol. The first-order chi connectivity index (χ1) is 6.25. The summed E-state index contributed by atoms with van der Waals surface area (Å²) in [5.74, 6) is 2.56. The molecule has 2 heteroatoms. The van der Waals surface area contributed by atoms with Crippen molar-refractivity contribution in [1.82, 2.24) is 4.57 Å². The van der Waals surface area contributed by atoms with Gasteiger partial charge in [-0.15, -0.1) is 12.3 Å². The Morgan fingerprint density at radius 2 is 2.31 bits per heavy atom. The summed E-state index contributed by atoms with van der Waals surface area (Å²) in [6, 6.07) is 5.27. The van der Waals surface area contributed by atoms with Gasteiger partial charge in [0.25, 0.3) is 5.56 Å². The maximum atomic E-state index is 11.3. The lowest BCUT2D eigenvalue weighted by Crippen LogP contribution is -2.20. The summed E-state index contributed by atoms with van der Waals surface area (Å²) in [4.78, 5) is 11.3. The molecule has 13 heavy (non-hydrogen) atoms. The van der Waals surface area contributed by atoms with Crippen molar-refractivity contribution >= 4 is 0 Å². The van der Waals surface area contributed by atoms with Crippen molar-refractivity contribution < 1.29 is 0 Å². The number of aromatic nitrogens is 1. The molecular formula is C11H13NO. The minimum atomic E-state index is 0.0528. The molecule has 0 unspecified atom stereocenters. The van der Waals surface area contributed by atoms with E-state index in [0.717, 1.165) is 25.1 Å². The van der Waals surface area contributed by atoms with Gasteiger partial charge in [-0.05, 0) is 19.4 Å². The van der Waals surface area contributed by atoms with Gasteiger partial charge in [0, 0.05) is 24.7 Å². The van der Waals surface area contributed by atoms with Gasteiger partial charge >= 0.3 is 0 Å². The van der Waals surface area contributed by atoms with E-state index in [2.05, 4.69) is 5.92 Å². The van der Waals surface area contributed by atoms with Crippen molar-refractivity contribution in [3.05, 3.63) is 34.2 Å². The highest BCUT2D eigenvalue weighted by molar-refractivity contribution is 5.04. The summed E-state index contributed by atoms with van der Waals surface area (Å²) in [5.41, 5.74) is 1.04. The molecule has 0 spiro atoms. The summed E-state index contributed by atoms with van der Waals surface area (Å²) in [6.07, 6.45) is 6.72. The molecule has 1 aromatic rings. The Balaban J connectivity index is 2.77. The summed E-state index contributed by atoms with van der Waals surface area (Å²) in [6.45, 7) is 2.65. The van der Waals surface area contributed by atoms with Crippen LogP contribution in [0, 0.1) is 19.3 Å². The molecule has 0 aliphatic heterocycles. The number of hydrogen-bond donors (Lipinski definition) is 0. The Morgan fingerprint density at radius 1 is 1.54 bits per heavy atom. The van der Waals surface area contributed by atoms with Crippen LogP contribution in [0.2, 0.25) is 0 Å². The normalized spacial score (nSPS) is 9.54. The quantitative estimate of drug-likeness (QED) is 0.505. The smallest absolute Gasteiger partial charge is 0.250 e. The van der Waals surface area contributed by atoms with Crippen LogP contribution in [-0.2, 0) is 6.54 Å². The first kappa shape index (κ1) is 9.60. The van der Waals surface area contributed by atoms with Crippen LogP contribution in [0.3, 0.4) is 0 Å². The van der Waals surface area contributed by atoms with Crippen LogP contribution in [0.1, 0.15) is 18.5 Å². The third-order valence-corrected chi connectivity index (χ3v) is 1.97. The minimum Gasteiger partial charge on any atom is -0.313 e. The number of rotatable bonds is 3. The SMILES string of the molecule is C#CCCCn1c(C)cccc1=O. The maximum absolute atomic E-state index is 11.3. The molecule has 0 fully saturated rings. The van der Waals surface area contributed by atoms with Crippen LogP contribution in [0.25, 0.3) is 0 Å². The van der Waals surface area contributed by atoms with Gasteiger partial charge in [-0.2, -0.15) is 0 Å². The van der Waals surface area contributed by atoms with Gasteiger partial charge in [0.05, 0.1) is 0 Å². The standard InChI is InChI=1S/C11H13NO/c1-3-4-5-9-12-10(2)7-6-8-11(12)13/h1,6-8H,4-5,9H2,2H3. The van der Waals surface area contributed by atoms with E-state index in [9.17, 15) is 4.79 Å². The fourth-order valence-electron chi connectivity index (χ4n) is 1.25. The predicted molar refractivity (Wildman–Crippen MR) is 53.5 cm³/mol. The zero-order chi connectivity index (χ0) is 9.68. The molecule has 0 saturated carbocycles. The molecule has 0 atom stereocenters. The molecule has 1 rings (SSSR count). The first-order valence-electron chi connectivity index (χ1n) is 4.35. The molecule has 68 valence electrons. The topological polar surface area (TPSA) is 22.0 Å². The highest BCUT2D eigenvalue weighted by atomic mass is 16.1. The first-order valence-corrected chi connectivity index (χ1v) is 4.35. The van der Waals surface area contributed by atoms with Gasteiger partial charge in [0.15, 0.2) is 0 Å². The van der Waals surface area contributed by atoms with Gasteiger partial charge in [0.1, 0.15) is 0 Å². The van der Waals surface area contributed by atoms with Crippen LogP contribution >= 0.6 is 0 Å². The van der Waals surface area contributed by atoms with Crippen molar-refractivity contribution in [1.29, 1.82) is 0 Å². The molecule has 0 N–H and O–H groups in total. The van der Waals surface area contributed by atoms with E-state index in [1.54, 1.807) is 16.7 Å². The molecule has 0 aliphatic carbocycles. The Labute approximate surface area is 78.2 Å². The van der Waals surface area contributed by atoms with Crippen molar-refractivity contribution in [3.63, 3.8) is 0 Å². The van der Waals surface area contributed by atoms with Crippen LogP contribution in [0.15, 0.2) is 23.0 Å². The zero-order valence-electron chi connectivity index (χ0n) is 7.79. The van der Waals surface area contributed by atoms with Gasteiger partial charge in [-0.25, -0.2) is 0 Å². The third-order valence-electron chi connectivity index (χ3n) is 1.97. The lowest BCUT2D eigenvalue weighted by molar-refractivity contribution is 0.617.